The zero-order valence-corrected chi connectivity index (χ0v) is 14.5. The molecule has 2 N–H and O–H groups in total. The van der Waals surface area contributed by atoms with Gasteiger partial charge in [-0.3, -0.25) is 14.9 Å². The third-order valence-electron chi connectivity index (χ3n) is 4.81. The standard InChI is InChI=1S/C20H20N4O2/c1-13(14-7-3-2-4-8-14)24-17-10-6-5-9-15(17)22-20(24)23-19(26)16-11-12-18(25)21-16/h2-10,13,16H,11-12H2,1H3,(H,21,25)(H,22,23,26)/t13-,16-/m1/s1. The van der Waals surface area contributed by atoms with Gasteiger partial charge < -0.3 is 9.88 Å². The first-order chi connectivity index (χ1) is 12.6. The Morgan fingerprint density at radius 1 is 1.19 bits per heavy atom. The van der Waals surface area contributed by atoms with Crippen molar-refractivity contribution >= 4 is 28.8 Å². The third kappa shape index (κ3) is 2.94. The summed E-state index contributed by atoms with van der Waals surface area (Å²) in [6.07, 6.45) is 0.897. The van der Waals surface area contributed by atoms with E-state index < -0.39 is 6.04 Å². The van der Waals surface area contributed by atoms with Crippen LogP contribution in [0, 0.1) is 0 Å². The van der Waals surface area contributed by atoms with Gasteiger partial charge in [0.2, 0.25) is 17.8 Å². The van der Waals surface area contributed by atoms with E-state index in [9.17, 15) is 9.59 Å². The summed E-state index contributed by atoms with van der Waals surface area (Å²) >= 11 is 0. The van der Waals surface area contributed by atoms with Gasteiger partial charge in [-0.05, 0) is 31.0 Å². The van der Waals surface area contributed by atoms with E-state index in [0.717, 1.165) is 16.6 Å². The number of hydrogen-bond donors (Lipinski definition) is 2. The number of nitrogens with zero attached hydrogens (tertiary/aromatic N) is 2. The number of para-hydroxylation sites is 2. The second kappa shape index (κ2) is 6.63. The molecule has 4 rings (SSSR count). The molecule has 1 saturated heterocycles. The molecule has 0 radical (unpaired) electrons. The number of imidazole rings is 1. The summed E-state index contributed by atoms with van der Waals surface area (Å²) in [5, 5.41) is 5.61. The van der Waals surface area contributed by atoms with Gasteiger partial charge in [-0.25, -0.2) is 4.98 Å². The predicted octanol–water partition coefficient (Wildman–Crippen LogP) is 2.86. The van der Waals surface area contributed by atoms with Crippen LogP contribution in [0.15, 0.2) is 54.6 Å². The minimum atomic E-state index is -0.497. The van der Waals surface area contributed by atoms with Gasteiger partial charge in [0.25, 0.3) is 0 Å². The van der Waals surface area contributed by atoms with Gasteiger partial charge >= 0.3 is 0 Å². The van der Waals surface area contributed by atoms with Crippen molar-refractivity contribution in [1.29, 1.82) is 0 Å². The summed E-state index contributed by atoms with van der Waals surface area (Å²) < 4.78 is 2.03. The SMILES string of the molecule is C[C@H](c1ccccc1)n1c(NC(=O)[C@H]2CCC(=O)N2)nc2ccccc21. The maximum atomic E-state index is 12.6. The smallest absolute Gasteiger partial charge is 0.249 e. The van der Waals surface area contributed by atoms with E-state index in [1.54, 1.807) is 0 Å². The second-order valence-corrected chi connectivity index (χ2v) is 6.53. The molecule has 1 aliphatic rings. The molecule has 132 valence electrons. The van der Waals surface area contributed by atoms with Gasteiger partial charge in [0, 0.05) is 6.42 Å². The van der Waals surface area contributed by atoms with Gasteiger partial charge in [-0.2, -0.15) is 0 Å². The van der Waals surface area contributed by atoms with Crippen LogP contribution in [-0.4, -0.2) is 27.4 Å². The minimum absolute atomic E-state index is 0.00271. The first-order valence-electron chi connectivity index (χ1n) is 8.75. The Morgan fingerprint density at radius 3 is 2.65 bits per heavy atom. The van der Waals surface area contributed by atoms with E-state index in [2.05, 4.69) is 34.7 Å². The number of carbonyl (C=O) groups is 2. The number of carbonyl (C=O) groups excluding carboxylic acids is 2. The van der Waals surface area contributed by atoms with Crippen molar-refractivity contribution in [1.82, 2.24) is 14.9 Å². The molecule has 1 aliphatic heterocycles. The number of rotatable bonds is 4. The van der Waals surface area contributed by atoms with Gasteiger partial charge in [-0.15, -0.1) is 0 Å². The van der Waals surface area contributed by atoms with E-state index in [4.69, 9.17) is 0 Å². The average Bonchev–Trinajstić information content (AvgIpc) is 3.25. The number of nitrogens with one attached hydrogen (secondary N) is 2. The molecule has 3 aromatic rings. The van der Waals surface area contributed by atoms with Gasteiger partial charge in [0.1, 0.15) is 6.04 Å². The summed E-state index contributed by atoms with van der Waals surface area (Å²) in [4.78, 5) is 28.6. The first kappa shape index (κ1) is 16.3. The van der Waals surface area contributed by atoms with Crippen LogP contribution in [0.4, 0.5) is 5.95 Å². The lowest BCUT2D eigenvalue weighted by atomic mass is 10.1. The fourth-order valence-corrected chi connectivity index (χ4v) is 3.41. The number of fused-ring (bicyclic) bond motifs is 1. The van der Waals surface area contributed by atoms with Gasteiger partial charge in [0.15, 0.2) is 0 Å². The molecule has 2 amide bonds. The minimum Gasteiger partial charge on any atom is -0.344 e. The number of amides is 2. The van der Waals surface area contributed by atoms with E-state index in [1.165, 1.54) is 0 Å². The zero-order valence-electron chi connectivity index (χ0n) is 14.5. The highest BCUT2D eigenvalue weighted by Crippen LogP contribution is 2.28. The fraction of sp³-hybridized carbons (Fsp3) is 0.250. The summed E-state index contributed by atoms with van der Waals surface area (Å²) in [6, 6.07) is 17.4. The fourth-order valence-electron chi connectivity index (χ4n) is 3.41. The summed E-state index contributed by atoms with van der Waals surface area (Å²) in [6.45, 7) is 2.08. The van der Waals surface area contributed by atoms with Gasteiger partial charge in [0.05, 0.1) is 17.1 Å². The maximum absolute atomic E-state index is 12.6. The highest BCUT2D eigenvalue weighted by atomic mass is 16.2. The molecule has 2 heterocycles. The van der Waals surface area contributed by atoms with Crippen LogP contribution >= 0.6 is 0 Å². The largest absolute Gasteiger partial charge is 0.344 e. The number of aromatic nitrogens is 2. The predicted molar refractivity (Wildman–Crippen MR) is 99.8 cm³/mol. The molecule has 0 aliphatic carbocycles. The third-order valence-corrected chi connectivity index (χ3v) is 4.81. The first-order valence-corrected chi connectivity index (χ1v) is 8.75. The van der Waals surface area contributed by atoms with E-state index in [0.29, 0.717) is 18.8 Å². The van der Waals surface area contributed by atoms with Crippen molar-refractivity contribution in [3.05, 3.63) is 60.2 Å². The molecule has 2 aromatic carbocycles. The van der Waals surface area contributed by atoms with Crippen molar-refractivity contribution in [3.8, 4) is 0 Å². The monoisotopic (exact) mass is 348 g/mol. The lowest BCUT2D eigenvalue weighted by Gasteiger charge is -2.19. The molecule has 0 spiro atoms. The van der Waals surface area contributed by atoms with Crippen LogP contribution < -0.4 is 10.6 Å². The molecule has 0 saturated carbocycles. The maximum Gasteiger partial charge on any atom is 0.249 e. The van der Waals surface area contributed by atoms with Crippen LogP contribution in [-0.2, 0) is 9.59 Å². The average molecular weight is 348 g/mol. The van der Waals surface area contributed by atoms with Crippen molar-refractivity contribution in [2.75, 3.05) is 5.32 Å². The molecule has 2 atom stereocenters. The highest BCUT2D eigenvalue weighted by Gasteiger charge is 2.29. The van der Waals surface area contributed by atoms with E-state index >= 15 is 0 Å². The molecule has 1 aromatic heterocycles. The summed E-state index contributed by atoms with van der Waals surface area (Å²) in [5.74, 6) is 0.178. The van der Waals surface area contributed by atoms with Crippen LogP contribution in [0.25, 0.3) is 11.0 Å². The highest BCUT2D eigenvalue weighted by molar-refractivity contribution is 5.99. The Morgan fingerprint density at radius 2 is 1.92 bits per heavy atom. The molecule has 26 heavy (non-hydrogen) atoms. The Balaban J connectivity index is 1.72. The van der Waals surface area contributed by atoms with Crippen molar-refractivity contribution in [2.24, 2.45) is 0 Å². The summed E-state index contributed by atoms with van der Waals surface area (Å²) in [5.41, 5.74) is 2.90. The quantitative estimate of drug-likeness (QED) is 0.761. The Labute approximate surface area is 151 Å². The molecule has 0 bridgehead atoms. The van der Waals surface area contributed by atoms with Crippen molar-refractivity contribution in [3.63, 3.8) is 0 Å². The Bertz CT molecular complexity index is 964. The lowest BCUT2D eigenvalue weighted by molar-refractivity contribution is -0.122. The number of hydrogen-bond acceptors (Lipinski definition) is 3. The van der Waals surface area contributed by atoms with E-state index in [-0.39, 0.29) is 17.9 Å². The molecular formula is C20H20N4O2. The number of benzene rings is 2. The zero-order chi connectivity index (χ0) is 18.1. The molecule has 1 fully saturated rings. The van der Waals surface area contributed by atoms with E-state index in [1.807, 2.05) is 47.0 Å². The Kier molecular flexibility index (Phi) is 4.16. The lowest BCUT2D eigenvalue weighted by Crippen LogP contribution is -2.38. The number of anilines is 1. The summed E-state index contributed by atoms with van der Waals surface area (Å²) in [7, 11) is 0. The molecule has 0 unspecified atom stereocenters. The van der Waals surface area contributed by atoms with Crippen molar-refractivity contribution in [2.45, 2.75) is 31.8 Å². The van der Waals surface area contributed by atoms with Crippen LogP contribution in [0.2, 0.25) is 0 Å². The molecular weight excluding hydrogens is 328 g/mol. The Hall–Kier alpha value is -3.15. The van der Waals surface area contributed by atoms with Crippen LogP contribution in [0.3, 0.4) is 0 Å². The van der Waals surface area contributed by atoms with Crippen LogP contribution in [0.5, 0.6) is 0 Å². The normalized spacial score (nSPS) is 17.9. The van der Waals surface area contributed by atoms with Crippen LogP contribution in [0.1, 0.15) is 31.4 Å². The molecule has 6 heteroatoms. The topological polar surface area (TPSA) is 76.0 Å². The second-order valence-electron chi connectivity index (χ2n) is 6.53. The molecule has 6 nitrogen and oxygen atoms in total. The van der Waals surface area contributed by atoms with Gasteiger partial charge in [-0.1, -0.05) is 42.5 Å². The van der Waals surface area contributed by atoms with Crippen molar-refractivity contribution < 1.29 is 9.59 Å².